The fraction of sp³-hybridized carbons (Fsp3) is 0.250. The first-order valence-corrected chi connectivity index (χ1v) is 10.1. The van der Waals surface area contributed by atoms with Gasteiger partial charge in [0, 0.05) is 18.2 Å². The van der Waals surface area contributed by atoms with Gasteiger partial charge in [0.05, 0.1) is 29.0 Å². The van der Waals surface area contributed by atoms with E-state index in [9.17, 15) is 4.39 Å². The molecule has 150 valence electrons. The second-order valence-corrected chi connectivity index (χ2v) is 7.82. The zero-order valence-corrected chi connectivity index (χ0v) is 17.6. The number of hydrogen-bond acceptors (Lipinski definition) is 7. The van der Waals surface area contributed by atoms with Crippen LogP contribution in [0.4, 0.5) is 4.39 Å². The van der Waals surface area contributed by atoms with Crippen molar-refractivity contribution in [1.82, 2.24) is 20.3 Å². The first-order chi connectivity index (χ1) is 14.0. The van der Waals surface area contributed by atoms with Crippen LogP contribution in [0.3, 0.4) is 0 Å². The number of likely N-dealkylation sites (N-methyl/N-ethyl adjacent to an activating group) is 1. The van der Waals surface area contributed by atoms with Crippen LogP contribution in [0.2, 0.25) is 5.02 Å². The number of benzene rings is 2. The quantitative estimate of drug-likeness (QED) is 0.448. The molecule has 1 N–H and O–H groups in total. The first kappa shape index (κ1) is 19.8. The molecule has 0 unspecified atom stereocenters. The molecule has 6 nitrogen and oxygen atoms in total. The van der Waals surface area contributed by atoms with Crippen LogP contribution in [0.5, 0.6) is 11.6 Å². The fourth-order valence-corrected chi connectivity index (χ4v) is 4.29. The zero-order chi connectivity index (χ0) is 20.5. The maximum atomic E-state index is 14.6. The van der Waals surface area contributed by atoms with Gasteiger partial charge in [-0.15, -0.1) is 11.3 Å². The van der Waals surface area contributed by atoms with Gasteiger partial charge in [0.25, 0.3) is 0 Å². The molecule has 0 spiro atoms. The van der Waals surface area contributed by atoms with Crippen molar-refractivity contribution in [2.45, 2.75) is 6.92 Å². The van der Waals surface area contributed by atoms with E-state index < -0.39 is 5.82 Å². The monoisotopic (exact) mass is 432 g/mol. The molecular weight excluding hydrogens is 415 g/mol. The number of thiazole rings is 1. The van der Waals surface area contributed by atoms with E-state index in [0.29, 0.717) is 40.6 Å². The molecular formula is C20H18ClFN4O2S. The summed E-state index contributed by atoms with van der Waals surface area (Å²) < 4.78 is 26.1. The molecule has 0 bridgehead atoms. The Morgan fingerprint density at radius 1 is 1.21 bits per heavy atom. The summed E-state index contributed by atoms with van der Waals surface area (Å²) in [6, 6.07) is 5.55. The molecule has 0 radical (unpaired) electrons. The predicted octanol–water partition coefficient (Wildman–Crippen LogP) is 4.61. The Labute approximate surface area is 175 Å². The van der Waals surface area contributed by atoms with E-state index in [-0.39, 0.29) is 10.8 Å². The van der Waals surface area contributed by atoms with Crippen molar-refractivity contribution in [3.8, 4) is 22.2 Å². The third-order valence-corrected chi connectivity index (χ3v) is 5.73. The highest BCUT2D eigenvalue weighted by molar-refractivity contribution is 7.21. The average molecular weight is 433 g/mol. The number of methoxy groups -OCH3 is 1. The zero-order valence-electron chi connectivity index (χ0n) is 16.0. The Kier molecular flexibility index (Phi) is 5.49. The predicted molar refractivity (Wildman–Crippen MR) is 114 cm³/mol. The third-order valence-electron chi connectivity index (χ3n) is 4.35. The summed E-state index contributed by atoms with van der Waals surface area (Å²) >= 11 is 7.67. The number of hydrogen-bond donors (Lipinski definition) is 1. The van der Waals surface area contributed by atoms with E-state index in [1.807, 2.05) is 19.1 Å². The molecule has 9 heteroatoms. The molecule has 29 heavy (non-hydrogen) atoms. The number of halogens is 2. The maximum absolute atomic E-state index is 14.6. The van der Waals surface area contributed by atoms with Gasteiger partial charge < -0.3 is 14.8 Å². The minimum absolute atomic E-state index is 0.0471. The van der Waals surface area contributed by atoms with Crippen molar-refractivity contribution in [3.63, 3.8) is 0 Å². The number of ether oxygens (including phenoxy) is 2. The lowest BCUT2D eigenvalue weighted by molar-refractivity contribution is 0.303. The summed E-state index contributed by atoms with van der Waals surface area (Å²) in [4.78, 5) is 13.5. The minimum Gasteiger partial charge on any atom is -0.489 e. The van der Waals surface area contributed by atoms with Crippen LogP contribution in [0.1, 0.15) is 5.56 Å². The van der Waals surface area contributed by atoms with Crippen molar-refractivity contribution >= 4 is 44.2 Å². The van der Waals surface area contributed by atoms with E-state index >= 15 is 0 Å². The normalized spacial score (nSPS) is 11.3. The van der Waals surface area contributed by atoms with E-state index in [4.69, 9.17) is 21.1 Å². The fourth-order valence-electron chi connectivity index (χ4n) is 2.97. The van der Waals surface area contributed by atoms with Crippen LogP contribution in [0.25, 0.3) is 31.8 Å². The van der Waals surface area contributed by atoms with Crippen molar-refractivity contribution < 1.29 is 13.9 Å². The molecule has 2 aromatic carbocycles. The topological polar surface area (TPSA) is 69.2 Å². The standard InChI is InChI=1S/C20H18ClFN4O2S/c1-10-6-11(18-12(7-10)25-15(27-3)9-24-18)20-26-19-14(29-20)8-13(17(22)16(19)21)28-5-4-23-2/h6-9,23H,4-5H2,1-3H3. The van der Waals surface area contributed by atoms with Crippen LogP contribution in [-0.2, 0) is 0 Å². The summed E-state index contributed by atoms with van der Waals surface area (Å²) in [5.74, 6) is -0.0517. The summed E-state index contributed by atoms with van der Waals surface area (Å²) in [6.07, 6.45) is 1.56. The van der Waals surface area contributed by atoms with Crippen molar-refractivity contribution in [2.24, 2.45) is 0 Å². The molecule has 0 aliphatic heterocycles. The lowest BCUT2D eigenvalue weighted by atomic mass is 10.1. The van der Waals surface area contributed by atoms with Gasteiger partial charge in [0.2, 0.25) is 5.88 Å². The van der Waals surface area contributed by atoms with Crippen molar-refractivity contribution in [3.05, 3.63) is 40.8 Å². The molecule has 0 fully saturated rings. The molecule has 0 atom stereocenters. The Bertz CT molecular complexity index is 1210. The average Bonchev–Trinajstić information content (AvgIpc) is 3.14. The summed E-state index contributed by atoms with van der Waals surface area (Å²) in [7, 11) is 3.35. The second-order valence-electron chi connectivity index (χ2n) is 6.41. The van der Waals surface area contributed by atoms with Gasteiger partial charge in [-0.1, -0.05) is 11.6 Å². The van der Waals surface area contributed by atoms with Crippen LogP contribution in [-0.4, -0.2) is 42.3 Å². The molecule has 0 saturated carbocycles. The van der Waals surface area contributed by atoms with Crippen LogP contribution in [0, 0.1) is 12.7 Å². The lowest BCUT2D eigenvalue weighted by Crippen LogP contribution is -2.16. The molecule has 0 aliphatic carbocycles. The highest BCUT2D eigenvalue weighted by Crippen LogP contribution is 2.40. The van der Waals surface area contributed by atoms with Crippen LogP contribution in [0.15, 0.2) is 24.4 Å². The summed E-state index contributed by atoms with van der Waals surface area (Å²) in [6.45, 7) is 2.90. The first-order valence-electron chi connectivity index (χ1n) is 8.89. The Morgan fingerprint density at radius 3 is 2.79 bits per heavy atom. The molecule has 0 amide bonds. The van der Waals surface area contributed by atoms with Gasteiger partial charge in [0.15, 0.2) is 11.6 Å². The van der Waals surface area contributed by atoms with Crippen LogP contribution >= 0.6 is 22.9 Å². The Hall–Kier alpha value is -2.55. The number of fused-ring (bicyclic) bond motifs is 2. The van der Waals surface area contributed by atoms with E-state index in [1.165, 1.54) is 11.3 Å². The van der Waals surface area contributed by atoms with Gasteiger partial charge in [0.1, 0.15) is 22.2 Å². The van der Waals surface area contributed by atoms with Gasteiger partial charge in [-0.25, -0.2) is 19.3 Å². The van der Waals surface area contributed by atoms with Gasteiger partial charge >= 0.3 is 0 Å². The highest BCUT2D eigenvalue weighted by atomic mass is 35.5. The number of rotatable bonds is 6. The summed E-state index contributed by atoms with van der Waals surface area (Å²) in [5.41, 5.74) is 3.61. The molecule has 0 aliphatic rings. The van der Waals surface area contributed by atoms with Crippen molar-refractivity contribution in [1.29, 1.82) is 0 Å². The largest absolute Gasteiger partial charge is 0.489 e. The van der Waals surface area contributed by atoms with E-state index in [0.717, 1.165) is 15.8 Å². The van der Waals surface area contributed by atoms with Gasteiger partial charge in [-0.3, -0.25) is 0 Å². The Balaban J connectivity index is 1.85. The number of aryl methyl sites for hydroxylation is 1. The minimum atomic E-state index is -0.606. The lowest BCUT2D eigenvalue weighted by Gasteiger charge is -2.07. The highest BCUT2D eigenvalue weighted by Gasteiger charge is 2.19. The van der Waals surface area contributed by atoms with E-state index in [2.05, 4.69) is 20.3 Å². The number of aromatic nitrogens is 3. The number of nitrogens with zero attached hydrogens (tertiary/aromatic N) is 3. The van der Waals surface area contributed by atoms with Crippen LogP contribution < -0.4 is 14.8 Å². The SMILES string of the molecule is CNCCOc1cc2sc(-c3cc(C)cc4nc(OC)cnc34)nc2c(Cl)c1F. The molecule has 4 aromatic rings. The van der Waals surface area contributed by atoms with Gasteiger partial charge in [-0.2, -0.15) is 0 Å². The summed E-state index contributed by atoms with van der Waals surface area (Å²) in [5, 5.41) is 3.59. The molecule has 0 saturated heterocycles. The molecule has 2 aromatic heterocycles. The van der Waals surface area contributed by atoms with E-state index in [1.54, 1.807) is 26.4 Å². The molecule has 2 heterocycles. The third kappa shape index (κ3) is 3.71. The van der Waals surface area contributed by atoms with Crippen molar-refractivity contribution in [2.75, 3.05) is 27.3 Å². The number of nitrogens with one attached hydrogen (secondary N) is 1. The smallest absolute Gasteiger partial charge is 0.232 e. The van der Waals surface area contributed by atoms with Gasteiger partial charge in [-0.05, 0) is 31.7 Å². The second kappa shape index (κ2) is 8.06. The molecule has 4 rings (SSSR count). The Morgan fingerprint density at radius 2 is 2.03 bits per heavy atom. The maximum Gasteiger partial charge on any atom is 0.232 e.